The zero-order valence-electron chi connectivity index (χ0n) is 11.3. The van der Waals surface area contributed by atoms with Crippen LogP contribution in [0, 0.1) is 11.3 Å². The molecular formula is C14H24N2O2. The average molecular weight is 252 g/mol. The van der Waals surface area contributed by atoms with Gasteiger partial charge in [-0.25, -0.2) is 0 Å². The third-order valence-electron chi connectivity index (χ3n) is 3.86. The molecule has 0 aromatic heterocycles. The summed E-state index contributed by atoms with van der Waals surface area (Å²) in [4.78, 5) is 0. The highest BCUT2D eigenvalue weighted by molar-refractivity contribution is 5.09. The molecule has 4 heteroatoms. The zero-order chi connectivity index (χ0) is 12.8. The summed E-state index contributed by atoms with van der Waals surface area (Å²) in [6, 6.07) is 3.05. The summed E-state index contributed by atoms with van der Waals surface area (Å²) < 4.78 is 11.0. The largest absolute Gasteiger partial charge is 0.379 e. The Morgan fingerprint density at radius 1 is 1.44 bits per heavy atom. The molecule has 1 aliphatic carbocycles. The highest BCUT2D eigenvalue weighted by Crippen LogP contribution is 2.26. The normalized spacial score (nSPS) is 26.8. The molecule has 2 rings (SSSR count). The molecule has 102 valence electrons. The fraction of sp³-hybridized carbons (Fsp3) is 0.929. The summed E-state index contributed by atoms with van der Waals surface area (Å²) in [5.74, 6) is 0. The molecule has 2 fully saturated rings. The molecule has 2 aliphatic rings. The molecule has 18 heavy (non-hydrogen) atoms. The maximum absolute atomic E-state index is 9.39. The topological polar surface area (TPSA) is 54.3 Å². The predicted molar refractivity (Wildman–Crippen MR) is 69.2 cm³/mol. The number of rotatable bonds is 8. The SMILES string of the molecule is CCC(C#N)(CCCOC1CCOC1)NC1CC1. The molecule has 1 heterocycles. The third kappa shape index (κ3) is 3.94. The minimum atomic E-state index is -0.337. The van der Waals surface area contributed by atoms with Crippen LogP contribution in [-0.4, -0.2) is 37.5 Å². The molecule has 2 atom stereocenters. The van der Waals surface area contributed by atoms with Crippen LogP contribution in [0.1, 0.15) is 45.4 Å². The van der Waals surface area contributed by atoms with Crippen LogP contribution < -0.4 is 5.32 Å². The van der Waals surface area contributed by atoms with Gasteiger partial charge in [0.25, 0.3) is 0 Å². The first-order chi connectivity index (χ1) is 8.78. The first-order valence-corrected chi connectivity index (χ1v) is 7.16. The Morgan fingerprint density at radius 3 is 2.83 bits per heavy atom. The van der Waals surface area contributed by atoms with Gasteiger partial charge in [0.05, 0.1) is 18.8 Å². The highest BCUT2D eigenvalue weighted by Gasteiger charge is 2.34. The van der Waals surface area contributed by atoms with Crippen molar-refractivity contribution < 1.29 is 9.47 Å². The molecule has 1 saturated carbocycles. The number of hydrogen-bond acceptors (Lipinski definition) is 4. The smallest absolute Gasteiger partial charge is 0.106 e. The van der Waals surface area contributed by atoms with Crippen molar-refractivity contribution in [2.45, 2.75) is 63.1 Å². The molecule has 0 amide bonds. The Labute approximate surface area is 110 Å². The standard InChI is InChI=1S/C14H24N2O2/c1-2-14(11-15,16-12-4-5-12)7-3-8-18-13-6-9-17-10-13/h12-13,16H,2-10H2,1H3. The lowest BCUT2D eigenvalue weighted by molar-refractivity contribution is 0.0386. The van der Waals surface area contributed by atoms with Crippen LogP contribution >= 0.6 is 0 Å². The lowest BCUT2D eigenvalue weighted by Gasteiger charge is -2.27. The fourth-order valence-corrected chi connectivity index (χ4v) is 2.40. The lowest BCUT2D eigenvalue weighted by Crippen LogP contribution is -2.44. The summed E-state index contributed by atoms with van der Waals surface area (Å²) in [5, 5.41) is 12.9. The van der Waals surface area contributed by atoms with Crippen LogP contribution in [0.25, 0.3) is 0 Å². The van der Waals surface area contributed by atoms with E-state index in [0.29, 0.717) is 6.04 Å². The molecule has 0 aromatic rings. The van der Waals surface area contributed by atoms with Crippen LogP contribution in [0.5, 0.6) is 0 Å². The summed E-state index contributed by atoms with van der Waals surface area (Å²) in [7, 11) is 0. The van der Waals surface area contributed by atoms with Gasteiger partial charge in [0.2, 0.25) is 0 Å². The van der Waals surface area contributed by atoms with Crippen LogP contribution in [0.4, 0.5) is 0 Å². The average Bonchev–Trinajstić information content (AvgIpc) is 3.05. The molecule has 0 spiro atoms. The van der Waals surface area contributed by atoms with E-state index >= 15 is 0 Å². The van der Waals surface area contributed by atoms with E-state index in [-0.39, 0.29) is 11.6 Å². The molecule has 4 nitrogen and oxygen atoms in total. The van der Waals surface area contributed by atoms with Crippen molar-refractivity contribution in [3.8, 4) is 6.07 Å². The van der Waals surface area contributed by atoms with E-state index in [0.717, 1.165) is 45.5 Å². The van der Waals surface area contributed by atoms with E-state index in [1.165, 1.54) is 12.8 Å². The zero-order valence-corrected chi connectivity index (χ0v) is 11.3. The van der Waals surface area contributed by atoms with Crippen molar-refractivity contribution in [3.05, 3.63) is 0 Å². The van der Waals surface area contributed by atoms with E-state index in [9.17, 15) is 5.26 Å². The number of ether oxygens (including phenoxy) is 2. The van der Waals surface area contributed by atoms with Gasteiger partial charge in [0.1, 0.15) is 5.54 Å². The van der Waals surface area contributed by atoms with Gasteiger partial charge < -0.3 is 9.47 Å². The maximum Gasteiger partial charge on any atom is 0.106 e. The van der Waals surface area contributed by atoms with Gasteiger partial charge in [-0.2, -0.15) is 5.26 Å². The van der Waals surface area contributed by atoms with Crippen LogP contribution in [0.15, 0.2) is 0 Å². The van der Waals surface area contributed by atoms with Gasteiger partial charge in [-0.15, -0.1) is 0 Å². The van der Waals surface area contributed by atoms with Crippen LogP contribution in [0.3, 0.4) is 0 Å². The number of nitrogens with zero attached hydrogens (tertiary/aromatic N) is 1. The van der Waals surface area contributed by atoms with Crippen molar-refractivity contribution >= 4 is 0 Å². The van der Waals surface area contributed by atoms with Gasteiger partial charge in [0, 0.05) is 19.3 Å². The quantitative estimate of drug-likeness (QED) is 0.671. The van der Waals surface area contributed by atoms with E-state index in [1.54, 1.807) is 0 Å². The second-order valence-corrected chi connectivity index (χ2v) is 5.43. The third-order valence-corrected chi connectivity index (χ3v) is 3.86. The molecule has 0 aromatic carbocycles. The molecule has 1 aliphatic heterocycles. The van der Waals surface area contributed by atoms with Crippen molar-refractivity contribution in [1.29, 1.82) is 5.26 Å². The Kier molecular flexibility index (Phi) is 4.99. The minimum absolute atomic E-state index is 0.277. The fourth-order valence-electron chi connectivity index (χ4n) is 2.40. The summed E-state index contributed by atoms with van der Waals surface area (Å²) >= 11 is 0. The summed E-state index contributed by atoms with van der Waals surface area (Å²) in [6.45, 7) is 4.39. The van der Waals surface area contributed by atoms with Gasteiger partial charge >= 0.3 is 0 Å². The van der Waals surface area contributed by atoms with Crippen molar-refractivity contribution in [2.24, 2.45) is 0 Å². The molecule has 1 saturated heterocycles. The van der Waals surface area contributed by atoms with Gasteiger partial charge in [-0.1, -0.05) is 6.92 Å². The number of hydrogen-bond donors (Lipinski definition) is 1. The molecule has 0 bridgehead atoms. The van der Waals surface area contributed by atoms with Crippen molar-refractivity contribution in [1.82, 2.24) is 5.32 Å². The van der Waals surface area contributed by atoms with Crippen molar-refractivity contribution in [3.63, 3.8) is 0 Å². The lowest BCUT2D eigenvalue weighted by atomic mass is 9.92. The predicted octanol–water partition coefficient (Wildman–Crippen LogP) is 2.00. The van der Waals surface area contributed by atoms with Gasteiger partial charge in [0.15, 0.2) is 0 Å². The van der Waals surface area contributed by atoms with Crippen molar-refractivity contribution in [2.75, 3.05) is 19.8 Å². The molecule has 2 unspecified atom stereocenters. The van der Waals surface area contributed by atoms with Gasteiger partial charge in [-0.05, 0) is 38.5 Å². The van der Waals surface area contributed by atoms with Crippen LogP contribution in [0.2, 0.25) is 0 Å². The van der Waals surface area contributed by atoms with E-state index < -0.39 is 0 Å². The first-order valence-electron chi connectivity index (χ1n) is 7.16. The number of nitrogens with one attached hydrogen (secondary N) is 1. The molecule has 1 N–H and O–H groups in total. The van der Waals surface area contributed by atoms with E-state index in [4.69, 9.17) is 9.47 Å². The Bertz CT molecular complexity index is 293. The van der Waals surface area contributed by atoms with E-state index in [2.05, 4.69) is 18.3 Å². The Balaban J connectivity index is 1.66. The van der Waals surface area contributed by atoms with Crippen LogP contribution in [-0.2, 0) is 9.47 Å². The molecule has 0 radical (unpaired) electrons. The first kappa shape index (κ1) is 13.8. The monoisotopic (exact) mass is 252 g/mol. The molecular weight excluding hydrogens is 228 g/mol. The highest BCUT2D eigenvalue weighted by atomic mass is 16.5. The Morgan fingerprint density at radius 2 is 2.28 bits per heavy atom. The Hall–Kier alpha value is -0.630. The second kappa shape index (κ2) is 6.51. The maximum atomic E-state index is 9.39. The summed E-state index contributed by atoms with van der Waals surface area (Å²) in [5.41, 5.74) is -0.337. The summed E-state index contributed by atoms with van der Waals surface area (Å²) in [6.07, 6.45) is 6.42. The van der Waals surface area contributed by atoms with E-state index in [1.807, 2.05) is 0 Å². The number of nitriles is 1. The van der Waals surface area contributed by atoms with Gasteiger partial charge in [-0.3, -0.25) is 5.32 Å². The minimum Gasteiger partial charge on any atom is -0.379 e. The second-order valence-electron chi connectivity index (χ2n) is 5.43.